The van der Waals surface area contributed by atoms with Gasteiger partial charge in [-0.2, -0.15) is 0 Å². The van der Waals surface area contributed by atoms with Crippen molar-refractivity contribution < 1.29 is 13.3 Å². The summed E-state index contributed by atoms with van der Waals surface area (Å²) in [6.45, 7) is 1.54. The highest BCUT2D eigenvalue weighted by atomic mass is 32.2. The van der Waals surface area contributed by atoms with Crippen LogP contribution in [0.5, 0.6) is 0 Å². The van der Waals surface area contributed by atoms with E-state index in [9.17, 15) is 18.5 Å². The third-order valence-corrected chi connectivity index (χ3v) is 4.84. The number of hydrogen-bond donors (Lipinski definition) is 2. The summed E-state index contributed by atoms with van der Waals surface area (Å²) in [6, 6.07) is 3.60. The SMILES string of the molecule is Cc1cc([N+](=O)[O-])ccc1S(=O)(=O)NC1CC(N)C1. The van der Waals surface area contributed by atoms with Gasteiger partial charge in [0.25, 0.3) is 5.69 Å². The van der Waals surface area contributed by atoms with Crippen LogP contribution in [0, 0.1) is 17.0 Å². The Hall–Kier alpha value is -1.51. The zero-order chi connectivity index (χ0) is 14.2. The molecule has 1 aromatic rings. The van der Waals surface area contributed by atoms with E-state index in [1.807, 2.05) is 0 Å². The van der Waals surface area contributed by atoms with Gasteiger partial charge in [0, 0.05) is 24.2 Å². The van der Waals surface area contributed by atoms with Crippen molar-refractivity contribution in [2.45, 2.75) is 36.7 Å². The molecule has 0 aromatic heterocycles. The molecule has 0 unspecified atom stereocenters. The highest BCUT2D eigenvalue weighted by Gasteiger charge is 2.31. The first-order chi connectivity index (χ1) is 8.79. The third kappa shape index (κ3) is 2.91. The topological polar surface area (TPSA) is 115 Å². The summed E-state index contributed by atoms with van der Waals surface area (Å²) in [5.41, 5.74) is 5.83. The van der Waals surface area contributed by atoms with Crippen LogP contribution in [0.2, 0.25) is 0 Å². The molecule has 1 saturated carbocycles. The normalized spacial score (nSPS) is 22.8. The standard InChI is InChI=1S/C11H15N3O4S/c1-7-4-10(14(15)16)2-3-11(7)19(17,18)13-9-5-8(12)6-9/h2-4,8-9,13H,5-6,12H2,1H3. The van der Waals surface area contributed by atoms with Gasteiger partial charge < -0.3 is 5.73 Å². The Morgan fingerprint density at radius 1 is 1.42 bits per heavy atom. The summed E-state index contributed by atoms with van der Waals surface area (Å²) in [5, 5.41) is 10.6. The number of hydrogen-bond acceptors (Lipinski definition) is 5. The Morgan fingerprint density at radius 3 is 2.53 bits per heavy atom. The van der Waals surface area contributed by atoms with E-state index in [1.165, 1.54) is 25.1 Å². The second-order valence-electron chi connectivity index (χ2n) is 4.76. The average molecular weight is 285 g/mol. The van der Waals surface area contributed by atoms with Crippen LogP contribution in [0.1, 0.15) is 18.4 Å². The molecule has 0 saturated heterocycles. The minimum absolute atomic E-state index is 0.0469. The maximum atomic E-state index is 12.1. The Labute approximate surface area is 111 Å². The van der Waals surface area contributed by atoms with Crippen molar-refractivity contribution in [2.75, 3.05) is 0 Å². The van der Waals surface area contributed by atoms with Gasteiger partial charge in [-0.3, -0.25) is 10.1 Å². The largest absolute Gasteiger partial charge is 0.328 e. The predicted octanol–water partition coefficient (Wildman–Crippen LogP) is 0.671. The van der Waals surface area contributed by atoms with Gasteiger partial charge >= 0.3 is 0 Å². The summed E-state index contributed by atoms with van der Waals surface area (Å²) < 4.78 is 26.8. The molecule has 0 radical (unpaired) electrons. The Morgan fingerprint density at radius 2 is 2.05 bits per heavy atom. The highest BCUT2D eigenvalue weighted by Crippen LogP contribution is 2.24. The molecule has 2 rings (SSSR count). The number of nitrogens with one attached hydrogen (secondary N) is 1. The van der Waals surface area contributed by atoms with E-state index in [-0.39, 0.29) is 22.7 Å². The number of nitrogens with zero attached hydrogens (tertiary/aromatic N) is 1. The number of sulfonamides is 1. The number of nitro benzene ring substituents is 1. The van der Waals surface area contributed by atoms with Crippen LogP contribution in [-0.4, -0.2) is 25.4 Å². The van der Waals surface area contributed by atoms with Gasteiger partial charge in [0.1, 0.15) is 0 Å². The van der Waals surface area contributed by atoms with Gasteiger partial charge in [0.05, 0.1) is 9.82 Å². The number of non-ortho nitro benzene ring substituents is 1. The fourth-order valence-electron chi connectivity index (χ4n) is 2.09. The third-order valence-electron chi connectivity index (χ3n) is 3.16. The molecule has 0 amide bonds. The zero-order valence-electron chi connectivity index (χ0n) is 10.4. The minimum atomic E-state index is -3.65. The number of nitro groups is 1. The fourth-order valence-corrected chi connectivity index (χ4v) is 3.58. The molecule has 7 nitrogen and oxygen atoms in total. The monoisotopic (exact) mass is 285 g/mol. The lowest BCUT2D eigenvalue weighted by atomic mass is 9.89. The Bertz CT molecular complexity index is 608. The summed E-state index contributed by atoms with van der Waals surface area (Å²) >= 11 is 0. The summed E-state index contributed by atoms with van der Waals surface area (Å²) in [4.78, 5) is 10.1. The van der Waals surface area contributed by atoms with E-state index >= 15 is 0 Å². The van der Waals surface area contributed by atoms with E-state index in [0.29, 0.717) is 18.4 Å². The van der Waals surface area contributed by atoms with E-state index in [2.05, 4.69) is 4.72 Å². The maximum Gasteiger partial charge on any atom is 0.269 e. The van der Waals surface area contributed by atoms with Crippen LogP contribution >= 0.6 is 0 Å². The van der Waals surface area contributed by atoms with Crippen molar-refractivity contribution in [2.24, 2.45) is 5.73 Å². The van der Waals surface area contributed by atoms with Crippen LogP contribution in [0.4, 0.5) is 5.69 Å². The van der Waals surface area contributed by atoms with Crippen LogP contribution in [0.15, 0.2) is 23.1 Å². The Balaban J connectivity index is 2.23. The molecular formula is C11H15N3O4S. The number of benzene rings is 1. The number of nitrogens with two attached hydrogens (primary N) is 1. The van der Waals surface area contributed by atoms with E-state index in [1.54, 1.807) is 0 Å². The molecule has 0 spiro atoms. The van der Waals surface area contributed by atoms with Crippen molar-refractivity contribution in [3.05, 3.63) is 33.9 Å². The lowest BCUT2D eigenvalue weighted by Crippen LogP contribution is -2.50. The average Bonchev–Trinajstić information content (AvgIpc) is 2.26. The lowest BCUT2D eigenvalue weighted by molar-refractivity contribution is -0.385. The molecule has 1 aliphatic rings. The molecule has 0 aliphatic heterocycles. The van der Waals surface area contributed by atoms with Gasteiger partial charge in [-0.05, 0) is 31.4 Å². The van der Waals surface area contributed by atoms with Crippen LogP contribution < -0.4 is 10.5 Å². The quantitative estimate of drug-likeness (QED) is 0.623. The van der Waals surface area contributed by atoms with E-state index < -0.39 is 14.9 Å². The first-order valence-electron chi connectivity index (χ1n) is 5.82. The fraction of sp³-hybridized carbons (Fsp3) is 0.455. The lowest BCUT2D eigenvalue weighted by Gasteiger charge is -2.32. The van der Waals surface area contributed by atoms with Crippen LogP contribution in [0.25, 0.3) is 0 Å². The van der Waals surface area contributed by atoms with Gasteiger partial charge in [0.15, 0.2) is 0 Å². The van der Waals surface area contributed by atoms with Crippen molar-refractivity contribution in [1.82, 2.24) is 4.72 Å². The van der Waals surface area contributed by atoms with Gasteiger partial charge in [-0.1, -0.05) is 0 Å². The summed E-state index contributed by atoms with van der Waals surface area (Å²) in [6.07, 6.45) is 1.23. The van der Waals surface area contributed by atoms with Gasteiger partial charge in [-0.15, -0.1) is 0 Å². The summed E-state index contributed by atoms with van der Waals surface area (Å²) in [7, 11) is -3.65. The zero-order valence-corrected chi connectivity index (χ0v) is 11.2. The first-order valence-corrected chi connectivity index (χ1v) is 7.31. The van der Waals surface area contributed by atoms with Crippen molar-refractivity contribution in [3.8, 4) is 0 Å². The number of aryl methyl sites for hydroxylation is 1. The predicted molar refractivity (Wildman–Crippen MR) is 69.2 cm³/mol. The summed E-state index contributed by atoms with van der Waals surface area (Å²) in [5.74, 6) is 0. The van der Waals surface area contributed by atoms with Crippen molar-refractivity contribution in [3.63, 3.8) is 0 Å². The minimum Gasteiger partial charge on any atom is -0.328 e. The molecule has 19 heavy (non-hydrogen) atoms. The molecule has 8 heteroatoms. The number of rotatable bonds is 4. The molecule has 1 fully saturated rings. The smallest absolute Gasteiger partial charge is 0.269 e. The van der Waals surface area contributed by atoms with E-state index in [0.717, 1.165) is 0 Å². The second-order valence-corrected chi connectivity index (χ2v) is 6.44. The Kier molecular flexibility index (Phi) is 3.57. The van der Waals surface area contributed by atoms with Crippen molar-refractivity contribution >= 4 is 15.7 Å². The van der Waals surface area contributed by atoms with Crippen LogP contribution in [-0.2, 0) is 10.0 Å². The maximum absolute atomic E-state index is 12.1. The van der Waals surface area contributed by atoms with Crippen LogP contribution in [0.3, 0.4) is 0 Å². The van der Waals surface area contributed by atoms with Crippen molar-refractivity contribution in [1.29, 1.82) is 0 Å². The molecule has 1 aliphatic carbocycles. The molecule has 0 atom stereocenters. The molecule has 0 bridgehead atoms. The second kappa shape index (κ2) is 4.87. The molecule has 104 valence electrons. The molecule has 1 aromatic carbocycles. The van der Waals surface area contributed by atoms with Gasteiger partial charge in [-0.25, -0.2) is 13.1 Å². The van der Waals surface area contributed by atoms with Gasteiger partial charge in [0.2, 0.25) is 10.0 Å². The highest BCUT2D eigenvalue weighted by molar-refractivity contribution is 7.89. The molecule has 0 heterocycles. The van der Waals surface area contributed by atoms with E-state index in [4.69, 9.17) is 5.73 Å². The molecular weight excluding hydrogens is 270 g/mol. The molecule has 3 N–H and O–H groups in total. The first kappa shape index (κ1) is 13.9.